The maximum atomic E-state index is 12.3. The summed E-state index contributed by atoms with van der Waals surface area (Å²) < 4.78 is 10.3. The maximum absolute atomic E-state index is 12.3. The molecule has 4 aromatic carbocycles. The molecule has 2 aliphatic heterocycles. The molecule has 10 nitrogen and oxygen atoms in total. The molecule has 48 heavy (non-hydrogen) atoms. The van der Waals surface area contributed by atoms with Crippen molar-refractivity contribution in [3.63, 3.8) is 0 Å². The van der Waals surface area contributed by atoms with E-state index in [1.165, 1.54) is 39.8 Å². The summed E-state index contributed by atoms with van der Waals surface area (Å²) in [6, 6.07) is 28.3. The minimum absolute atomic E-state index is 0.275. The van der Waals surface area contributed by atoms with Crippen molar-refractivity contribution < 1.29 is 29.0 Å². The third-order valence-electron chi connectivity index (χ3n) is 8.91. The number of methoxy groups -OCH3 is 1. The quantitative estimate of drug-likeness (QED) is 0.235. The van der Waals surface area contributed by atoms with Crippen molar-refractivity contribution in [1.82, 2.24) is 15.1 Å². The fourth-order valence-electron chi connectivity index (χ4n) is 6.66. The van der Waals surface area contributed by atoms with Crippen LogP contribution in [0.1, 0.15) is 31.9 Å². The summed E-state index contributed by atoms with van der Waals surface area (Å²) in [5.74, 6) is -1.99. The van der Waals surface area contributed by atoms with E-state index in [1.807, 2.05) is 57.2 Å². The first-order chi connectivity index (χ1) is 22.9. The Morgan fingerprint density at radius 1 is 0.771 bits per heavy atom. The van der Waals surface area contributed by atoms with Crippen LogP contribution in [0.5, 0.6) is 0 Å². The molecular formula is C38H46N4O6. The minimum Gasteiger partial charge on any atom is -0.481 e. The second kappa shape index (κ2) is 15.1. The molecule has 254 valence electrons. The predicted octanol–water partition coefficient (Wildman–Crippen LogP) is 5.02. The minimum atomic E-state index is -0.794. The molecule has 0 saturated carbocycles. The number of carboxylic acid groups (broad SMARTS) is 1. The fraction of sp³-hybridized carbons (Fsp3) is 0.395. The van der Waals surface area contributed by atoms with Gasteiger partial charge >= 0.3 is 18.0 Å². The third kappa shape index (κ3) is 8.69. The molecule has 0 aliphatic carbocycles. The molecule has 4 aromatic rings. The van der Waals surface area contributed by atoms with Crippen LogP contribution in [0.2, 0.25) is 0 Å². The number of fused-ring (bicyclic) bond motifs is 2. The van der Waals surface area contributed by atoms with Crippen molar-refractivity contribution in [2.75, 3.05) is 33.3 Å². The fourth-order valence-corrected chi connectivity index (χ4v) is 6.66. The molecule has 10 heteroatoms. The van der Waals surface area contributed by atoms with E-state index in [1.54, 1.807) is 0 Å². The lowest BCUT2D eigenvalue weighted by atomic mass is 10.0. The highest BCUT2D eigenvalue weighted by molar-refractivity contribution is 5.86. The van der Waals surface area contributed by atoms with Crippen LogP contribution >= 0.6 is 0 Å². The second-order valence-electron chi connectivity index (χ2n) is 13.7. The lowest BCUT2D eigenvalue weighted by molar-refractivity contribution is -0.145. The molecule has 6 rings (SSSR count). The van der Waals surface area contributed by atoms with Gasteiger partial charge in [0.1, 0.15) is 5.60 Å². The number of likely N-dealkylation sites (tertiary alicyclic amines) is 2. The molecule has 4 N–H and O–H groups in total. The molecule has 2 fully saturated rings. The number of nitrogens with zero attached hydrogens (tertiary/aromatic N) is 2. The molecule has 1 amide bonds. The van der Waals surface area contributed by atoms with Crippen molar-refractivity contribution in [3.8, 4) is 0 Å². The van der Waals surface area contributed by atoms with Crippen molar-refractivity contribution in [2.45, 2.75) is 51.5 Å². The Hall–Kier alpha value is -4.51. The van der Waals surface area contributed by atoms with Crippen molar-refractivity contribution in [2.24, 2.45) is 17.6 Å². The van der Waals surface area contributed by atoms with Gasteiger partial charge in [-0.15, -0.1) is 0 Å². The van der Waals surface area contributed by atoms with E-state index in [9.17, 15) is 14.4 Å². The van der Waals surface area contributed by atoms with Gasteiger partial charge in [0.05, 0.1) is 25.0 Å². The number of aliphatic carboxylic acids is 1. The molecule has 4 atom stereocenters. The summed E-state index contributed by atoms with van der Waals surface area (Å²) in [4.78, 5) is 39.9. The number of nitrogens with two attached hydrogens (primary N) is 1. The second-order valence-corrected chi connectivity index (χ2v) is 13.7. The molecule has 2 aliphatic rings. The first-order valence-electron chi connectivity index (χ1n) is 16.4. The lowest BCUT2D eigenvalue weighted by Gasteiger charge is -2.23. The normalized spacial score (nSPS) is 21.4. The number of hydrogen-bond donors (Lipinski definition) is 3. The van der Waals surface area contributed by atoms with Gasteiger partial charge in [-0.05, 0) is 53.4 Å². The summed E-state index contributed by atoms with van der Waals surface area (Å²) in [6.07, 6.45) is -0.515. The first kappa shape index (κ1) is 34.8. The van der Waals surface area contributed by atoms with E-state index >= 15 is 0 Å². The highest BCUT2D eigenvalue weighted by Gasteiger charge is 2.40. The largest absolute Gasteiger partial charge is 0.481 e. The van der Waals surface area contributed by atoms with Gasteiger partial charge in [0.2, 0.25) is 0 Å². The Bertz CT molecular complexity index is 1740. The molecule has 2 heterocycles. The first-order valence-corrected chi connectivity index (χ1v) is 16.4. The SMILES string of the molecule is COC(=O)C1CN(Cc2cccc3ccccc23)C[C@H]1NC(=O)OC(C)(C)C.N[C@@H]1CN(Cc2cccc3ccccc23)CC1C(=O)O. The van der Waals surface area contributed by atoms with E-state index in [4.69, 9.17) is 20.3 Å². The number of alkyl carbamates (subject to hydrolysis) is 1. The molecule has 0 aromatic heterocycles. The number of nitrogens with one attached hydrogen (secondary N) is 1. The van der Waals surface area contributed by atoms with Crippen LogP contribution in [-0.2, 0) is 32.2 Å². The Balaban J connectivity index is 0.000000198. The molecule has 0 spiro atoms. The molecule has 0 radical (unpaired) electrons. The molecule has 2 saturated heterocycles. The molecular weight excluding hydrogens is 608 g/mol. The standard InChI is InChI=1S/C22H28N2O4.C16H18N2O2/c1-22(2,3)28-21(26)23-19-14-24(13-18(19)20(25)27-4)12-16-10-7-9-15-8-5-6-11-17(15)16;17-15-10-18(9-14(15)16(19)20)8-12-6-3-5-11-4-1-2-7-13(11)12/h5-11,18-19H,12-14H2,1-4H3,(H,23,26);1-7,14-15H,8-10,17H2,(H,19,20)/t18?,19-;14?,15-/m11/s1. The number of amides is 1. The van der Waals surface area contributed by atoms with Crippen molar-refractivity contribution >= 4 is 39.6 Å². The summed E-state index contributed by atoms with van der Waals surface area (Å²) in [5, 5.41) is 16.8. The number of hydrogen-bond acceptors (Lipinski definition) is 8. The maximum Gasteiger partial charge on any atom is 0.407 e. The number of rotatable bonds is 7. The van der Waals surface area contributed by atoms with Crippen molar-refractivity contribution in [3.05, 3.63) is 96.1 Å². The Kier molecular flexibility index (Phi) is 11.0. The van der Waals surface area contributed by atoms with Gasteiger partial charge in [-0.3, -0.25) is 19.4 Å². The topological polar surface area (TPSA) is 134 Å². The van der Waals surface area contributed by atoms with E-state index in [0.29, 0.717) is 32.7 Å². The molecule has 2 unspecified atom stereocenters. The Labute approximate surface area is 281 Å². The van der Waals surface area contributed by atoms with Crippen molar-refractivity contribution in [1.29, 1.82) is 0 Å². The molecule has 0 bridgehead atoms. The predicted molar refractivity (Wildman–Crippen MR) is 186 cm³/mol. The monoisotopic (exact) mass is 654 g/mol. The van der Waals surface area contributed by atoms with Gasteiger partial charge in [0.25, 0.3) is 0 Å². The van der Waals surface area contributed by atoms with Crippen LogP contribution in [-0.4, -0.2) is 83.9 Å². The summed E-state index contributed by atoms with van der Waals surface area (Å²) in [7, 11) is 1.38. The lowest BCUT2D eigenvalue weighted by Crippen LogP contribution is -2.45. The van der Waals surface area contributed by atoms with Gasteiger partial charge in [0, 0.05) is 45.3 Å². The number of esters is 1. The zero-order chi connectivity index (χ0) is 34.4. The zero-order valence-electron chi connectivity index (χ0n) is 28.1. The average molecular weight is 655 g/mol. The number of ether oxygens (including phenoxy) is 2. The van der Waals surface area contributed by atoms with Gasteiger partial charge < -0.3 is 25.6 Å². The van der Waals surface area contributed by atoms with Crippen LogP contribution in [0.4, 0.5) is 4.79 Å². The smallest absolute Gasteiger partial charge is 0.407 e. The number of carbonyl (C=O) groups excluding carboxylic acids is 2. The summed E-state index contributed by atoms with van der Waals surface area (Å²) in [6.45, 7) is 9.13. The Morgan fingerprint density at radius 3 is 1.77 bits per heavy atom. The van der Waals surface area contributed by atoms with Crippen LogP contribution < -0.4 is 11.1 Å². The van der Waals surface area contributed by atoms with Crippen LogP contribution in [0.25, 0.3) is 21.5 Å². The van der Waals surface area contributed by atoms with Gasteiger partial charge in [-0.1, -0.05) is 84.9 Å². The van der Waals surface area contributed by atoms with Gasteiger partial charge in [-0.25, -0.2) is 4.79 Å². The summed E-state index contributed by atoms with van der Waals surface area (Å²) in [5.41, 5.74) is 7.74. The van der Waals surface area contributed by atoms with E-state index in [2.05, 4.69) is 63.6 Å². The van der Waals surface area contributed by atoms with E-state index in [-0.39, 0.29) is 18.1 Å². The van der Waals surface area contributed by atoms with Gasteiger partial charge in [0.15, 0.2) is 0 Å². The average Bonchev–Trinajstić information content (AvgIpc) is 3.62. The highest BCUT2D eigenvalue weighted by atomic mass is 16.6. The number of carboxylic acids is 1. The Morgan fingerprint density at radius 2 is 1.27 bits per heavy atom. The highest BCUT2D eigenvalue weighted by Crippen LogP contribution is 2.26. The number of carbonyl (C=O) groups is 3. The number of benzene rings is 4. The van der Waals surface area contributed by atoms with Crippen LogP contribution in [0, 0.1) is 11.8 Å². The van der Waals surface area contributed by atoms with E-state index < -0.39 is 29.5 Å². The third-order valence-corrected chi connectivity index (χ3v) is 8.91. The van der Waals surface area contributed by atoms with Gasteiger partial charge in [-0.2, -0.15) is 0 Å². The summed E-state index contributed by atoms with van der Waals surface area (Å²) >= 11 is 0. The van der Waals surface area contributed by atoms with Crippen LogP contribution in [0.15, 0.2) is 84.9 Å². The zero-order valence-corrected chi connectivity index (χ0v) is 28.1. The van der Waals surface area contributed by atoms with E-state index in [0.717, 1.165) is 6.54 Å². The van der Waals surface area contributed by atoms with Crippen LogP contribution in [0.3, 0.4) is 0 Å².